The van der Waals surface area contributed by atoms with Crippen molar-refractivity contribution in [2.24, 2.45) is 0 Å². The fourth-order valence-electron chi connectivity index (χ4n) is 1.94. The molecule has 0 spiro atoms. The maximum atomic E-state index is 11.7. The van der Waals surface area contributed by atoms with E-state index in [1.165, 1.54) is 0 Å². The predicted molar refractivity (Wildman–Crippen MR) is 62.0 cm³/mol. The van der Waals surface area contributed by atoms with Gasteiger partial charge in [0.15, 0.2) is 0 Å². The van der Waals surface area contributed by atoms with Crippen molar-refractivity contribution in [3.63, 3.8) is 0 Å². The number of aliphatic carboxylic acids is 1. The highest BCUT2D eigenvalue weighted by atomic mass is 16.5. The zero-order valence-electron chi connectivity index (χ0n) is 10.4. The van der Waals surface area contributed by atoms with E-state index in [2.05, 4.69) is 10.5 Å². The highest BCUT2D eigenvalue weighted by molar-refractivity contribution is 5.89. The third kappa shape index (κ3) is 2.37. The van der Waals surface area contributed by atoms with Gasteiger partial charge in [-0.25, -0.2) is 4.79 Å². The summed E-state index contributed by atoms with van der Waals surface area (Å²) in [5.74, 6) is -0.484. The topological polar surface area (TPSA) is 92.4 Å². The van der Waals surface area contributed by atoms with Gasteiger partial charge >= 0.3 is 5.97 Å². The van der Waals surface area contributed by atoms with Crippen molar-refractivity contribution in [3.8, 4) is 0 Å². The van der Waals surface area contributed by atoms with Crippen molar-refractivity contribution in [2.75, 3.05) is 0 Å². The number of carbonyl (C=O) groups excluding carboxylic acids is 1. The summed E-state index contributed by atoms with van der Waals surface area (Å²) in [5.41, 5.74) is 0.695. The quantitative estimate of drug-likeness (QED) is 0.814. The summed E-state index contributed by atoms with van der Waals surface area (Å²) >= 11 is 0. The molecule has 6 heteroatoms. The molecule has 0 bridgehead atoms. The van der Waals surface area contributed by atoms with Crippen molar-refractivity contribution >= 4 is 11.9 Å². The summed E-state index contributed by atoms with van der Waals surface area (Å²) in [5, 5.41) is 15.3. The number of nitrogens with one attached hydrogen (secondary N) is 1. The second-order valence-corrected chi connectivity index (χ2v) is 4.74. The molecular formula is C12H16N2O4. The fourth-order valence-corrected chi connectivity index (χ4v) is 1.94. The van der Waals surface area contributed by atoms with Crippen molar-refractivity contribution in [1.82, 2.24) is 10.5 Å². The van der Waals surface area contributed by atoms with Crippen LogP contribution in [0.1, 0.15) is 36.3 Å². The molecule has 0 unspecified atom stereocenters. The molecule has 1 aromatic heterocycles. The number of carboxylic acid groups (broad SMARTS) is 1. The molecule has 1 aliphatic carbocycles. The number of rotatable bonds is 5. The summed E-state index contributed by atoms with van der Waals surface area (Å²) in [4.78, 5) is 22.6. The lowest BCUT2D eigenvalue weighted by Gasteiger charge is -2.12. The lowest BCUT2D eigenvalue weighted by atomic mass is 10.1. The molecule has 0 saturated heterocycles. The molecule has 2 N–H and O–H groups in total. The first kappa shape index (κ1) is 12.6. The van der Waals surface area contributed by atoms with Gasteiger partial charge < -0.3 is 14.9 Å². The third-order valence-corrected chi connectivity index (χ3v) is 3.32. The van der Waals surface area contributed by atoms with Crippen LogP contribution in [0.4, 0.5) is 0 Å². The normalized spacial score (nSPS) is 16.3. The molecule has 18 heavy (non-hydrogen) atoms. The third-order valence-electron chi connectivity index (χ3n) is 3.32. The van der Waals surface area contributed by atoms with E-state index >= 15 is 0 Å². The van der Waals surface area contributed by atoms with Crippen molar-refractivity contribution in [3.05, 3.63) is 17.0 Å². The first-order valence-electron chi connectivity index (χ1n) is 5.91. The molecule has 6 nitrogen and oxygen atoms in total. The average molecular weight is 252 g/mol. The van der Waals surface area contributed by atoms with E-state index in [0.717, 1.165) is 11.3 Å². The minimum Gasteiger partial charge on any atom is -0.480 e. The molecule has 1 saturated carbocycles. The van der Waals surface area contributed by atoms with Gasteiger partial charge in [-0.2, -0.15) is 0 Å². The predicted octanol–water partition coefficient (Wildman–Crippen LogP) is 0.957. The van der Waals surface area contributed by atoms with Crippen molar-refractivity contribution < 1.29 is 19.2 Å². The molecule has 0 aromatic carbocycles. The second kappa shape index (κ2) is 4.44. The zero-order chi connectivity index (χ0) is 13.3. The fraction of sp³-hybridized carbons (Fsp3) is 0.583. The number of hydrogen-bond acceptors (Lipinski definition) is 4. The summed E-state index contributed by atoms with van der Waals surface area (Å²) in [6.07, 6.45) is 1.79. The van der Waals surface area contributed by atoms with Gasteiger partial charge in [0.2, 0.25) is 5.91 Å². The Kier molecular flexibility index (Phi) is 3.11. The molecule has 1 heterocycles. The Morgan fingerprint density at radius 1 is 1.44 bits per heavy atom. The molecule has 2 rings (SSSR count). The molecule has 1 fully saturated rings. The first-order valence-corrected chi connectivity index (χ1v) is 5.91. The van der Waals surface area contributed by atoms with E-state index in [-0.39, 0.29) is 12.3 Å². The van der Waals surface area contributed by atoms with Gasteiger partial charge in [-0.05, 0) is 33.1 Å². The van der Waals surface area contributed by atoms with Gasteiger partial charge in [0.05, 0.1) is 5.69 Å². The Balaban J connectivity index is 1.88. The largest absolute Gasteiger partial charge is 0.480 e. The molecule has 1 amide bonds. The molecule has 1 aliphatic rings. The Labute approximate surface area is 104 Å². The van der Waals surface area contributed by atoms with Gasteiger partial charge in [0, 0.05) is 12.0 Å². The van der Waals surface area contributed by atoms with Crippen LogP contribution in [0.15, 0.2) is 4.52 Å². The van der Waals surface area contributed by atoms with Crippen LogP contribution in [0.3, 0.4) is 0 Å². The maximum absolute atomic E-state index is 11.7. The number of carboxylic acids is 1. The van der Waals surface area contributed by atoms with E-state index in [1.54, 1.807) is 6.92 Å². The summed E-state index contributed by atoms with van der Waals surface area (Å²) in [6.45, 7) is 3.62. The van der Waals surface area contributed by atoms with Gasteiger partial charge in [0.25, 0.3) is 0 Å². The number of carbonyl (C=O) groups is 2. The lowest BCUT2D eigenvalue weighted by Crippen LogP contribution is -2.43. The van der Waals surface area contributed by atoms with Gasteiger partial charge in [0.1, 0.15) is 11.3 Å². The molecule has 0 atom stereocenters. The first-order chi connectivity index (χ1) is 8.44. The molecule has 98 valence electrons. The Bertz CT molecular complexity index is 469. The van der Waals surface area contributed by atoms with Crippen LogP contribution < -0.4 is 5.32 Å². The van der Waals surface area contributed by atoms with Crippen molar-refractivity contribution in [1.29, 1.82) is 0 Å². The van der Waals surface area contributed by atoms with E-state index in [9.17, 15) is 9.59 Å². The zero-order valence-corrected chi connectivity index (χ0v) is 10.4. The standard InChI is InChI=1S/C12H16N2O4/c1-7-9(8(2)18-14-7)3-4-10(15)13-12(5-6-12)11(16)17/h3-6H2,1-2H3,(H,13,15)(H,16,17). The Morgan fingerprint density at radius 2 is 2.11 bits per heavy atom. The van der Waals surface area contributed by atoms with Crippen LogP contribution in [0.25, 0.3) is 0 Å². The van der Waals surface area contributed by atoms with Crippen LogP contribution in [-0.4, -0.2) is 27.7 Å². The van der Waals surface area contributed by atoms with Gasteiger partial charge in [-0.15, -0.1) is 0 Å². The Morgan fingerprint density at radius 3 is 2.56 bits per heavy atom. The van der Waals surface area contributed by atoms with Crippen molar-refractivity contribution in [2.45, 2.75) is 45.1 Å². The van der Waals surface area contributed by atoms with Crippen LogP contribution in [0.2, 0.25) is 0 Å². The lowest BCUT2D eigenvalue weighted by molar-refractivity contribution is -0.143. The van der Waals surface area contributed by atoms with Crippen LogP contribution in [0, 0.1) is 13.8 Å². The average Bonchev–Trinajstić information content (AvgIpc) is 3.00. The van der Waals surface area contributed by atoms with E-state index in [4.69, 9.17) is 9.63 Å². The molecule has 0 radical (unpaired) electrons. The minimum atomic E-state index is -1.00. The van der Waals surface area contributed by atoms with Gasteiger partial charge in [-0.3, -0.25) is 4.79 Å². The summed E-state index contributed by atoms with van der Waals surface area (Å²) in [6, 6.07) is 0. The van der Waals surface area contributed by atoms with Crippen LogP contribution in [0.5, 0.6) is 0 Å². The number of hydrogen-bond donors (Lipinski definition) is 2. The highest BCUT2D eigenvalue weighted by Gasteiger charge is 2.51. The summed E-state index contributed by atoms with van der Waals surface area (Å²) in [7, 11) is 0. The van der Waals surface area contributed by atoms with E-state index in [0.29, 0.717) is 25.0 Å². The number of aryl methyl sites for hydroxylation is 2. The van der Waals surface area contributed by atoms with E-state index < -0.39 is 11.5 Å². The van der Waals surface area contributed by atoms with E-state index in [1.807, 2.05) is 6.92 Å². The number of nitrogens with zero attached hydrogens (tertiary/aromatic N) is 1. The molecular weight excluding hydrogens is 236 g/mol. The smallest absolute Gasteiger partial charge is 0.329 e. The number of aromatic nitrogens is 1. The maximum Gasteiger partial charge on any atom is 0.329 e. The molecule has 0 aliphatic heterocycles. The second-order valence-electron chi connectivity index (χ2n) is 4.74. The monoisotopic (exact) mass is 252 g/mol. The van der Waals surface area contributed by atoms with Crippen LogP contribution >= 0.6 is 0 Å². The number of amides is 1. The molecule has 1 aromatic rings. The minimum absolute atomic E-state index is 0.241. The highest BCUT2D eigenvalue weighted by Crippen LogP contribution is 2.35. The van der Waals surface area contributed by atoms with Gasteiger partial charge in [-0.1, -0.05) is 5.16 Å². The Hall–Kier alpha value is -1.85. The SMILES string of the molecule is Cc1noc(C)c1CCC(=O)NC1(C(=O)O)CC1. The van der Waals surface area contributed by atoms with Crippen LogP contribution in [-0.2, 0) is 16.0 Å². The summed E-state index contributed by atoms with van der Waals surface area (Å²) < 4.78 is 5.00.